The second kappa shape index (κ2) is 7.42. The first-order valence-corrected chi connectivity index (χ1v) is 5.69. The molecule has 0 aliphatic heterocycles. The molecule has 0 saturated heterocycles. The lowest BCUT2D eigenvalue weighted by molar-refractivity contribution is 0.629. The van der Waals surface area contributed by atoms with Crippen LogP contribution in [0.15, 0.2) is 0 Å². The maximum absolute atomic E-state index is 9.34. The van der Waals surface area contributed by atoms with Gasteiger partial charge in [0.25, 0.3) is 0 Å². The molecular formula is C8H19OS+. The average Bonchev–Trinajstić information content (AvgIpc) is 1.97. The van der Waals surface area contributed by atoms with Crippen LogP contribution in [0, 0.1) is 0 Å². The molecule has 0 rings (SSSR count). The second-order valence-corrected chi connectivity index (χ2v) is 4.32. The molecule has 0 heterocycles. The average molecular weight is 163 g/mol. The first-order valence-electron chi connectivity index (χ1n) is 4.17. The summed E-state index contributed by atoms with van der Waals surface area (Å²) in [5.74, 6) is 2.05. The Morgan fingerprint density at radius 2 is 1.40 bits per heavy atom. The normalized spacial score (nSPS) is 10.8. The van der Waals surface area contributed by atoms with Gasteiger partial charge in [-0.2, -0.15) is 4.55 Å². The molecule has 0 saturated carbocycles. The van der Waals surface area contributed by atoms with Crippen LogP contribution in [0.3, 0.4) is 0 Å². The van der Waals surface area contributed by atoms with Crippen molar-refractivity contribution in [2.75, 3.05) is 11.5 Å². The van der Waals surface area contributed by atoms with E-state index in [-0.39, 0.29) is 11.2 Å². The third-order valence-electron chi connectivity index (χ3n) is 1.47. The predicted octanol–water partition coefficient (Wildman–Crippen LogP) is 2.68. The molecule has 1 nitrogen and oxygen atoms in total. The van der Waals surface area contributed by atoms with E-state index in [1.165, 1.54) is 25.7 Å². The topological polar surface area (TPSA) is 20.2 Å². The monoisotopic (exact) mass is 163 g/mol. The summed E-state index contributed by atoms with van der Waals surface area (Å²) < 4.78 is 9.34. The van der Waals surface area contributed by atoms with Gasteiger partial charge in [-0.1, -0.05) is 26.7 Å². The van der Waals surface area contributed by atoms with Crippen molar-refractivity contribution < 1.29 is 4.55 Å². The van der Waals surface area contributed by atoms with E-state index in [9.17, 15) is 4.55 Å². The number of hydrogen-bond acceptors (Lipinski definition) is 1. The minimum Gasteiger partial charge on any atom is -0.188 e. The van der Waals surface area contributed by atoms with Crippen LogP contribution < -0.4 is 0 Å². The van der Waals surface area contributed by atoms with Gasteiger partial charge >= 0.3 is 0 Å². The quantitative estimate of drug-likeness (QED) is 0.597. The Kier molecular flexibility index (Phi) is 7.65. The molecule has 0 atom stereocenters. The van der Waals surface area contributed by atoms with E-state index >= 15 is 0 Å². The van der Waals surface area contributed by atoms with Gasteiger partial charge < -0.3 is 0 Å². The van der Waals surface area contributed by atoms with Gasteiger partial charge in [-0.05, 0) is 12.8 Å². The lowest BCUT2D eigenvalue weighted by Gasteiger charge is -1.96. The molecule has 0 spiro atoms. The molecule has 0 aliphatic rings. The largest absolute Gasteiger partial charge is 0.188 e. The van der Waals surface area contributed by atoms with Crippen molar-refractivity contribution >= 4 is 11.2 Å². The van der Waals surface area contributed by atoms with Crippen molar-refractivity contribution in [3.8, 4) is 0 Å². The lowest BCUT2D eigenvalue weighted by Crippen LogP contribution is -2.10. The first kappa shape index (κ1) is 10.3. The lowest BCUT2D eigenvalue weighted by atomic mass is 10.4. The third-order valence-corrected chi connectivity index (χ3v) is 2.99. The third kappa shape index (κ3) is 6.43. The van der Waals surface area contributed by atoms with Crippen molar-refractivity contribution in [1.82, 2.24) is 0 Å². The summed E-state index contributed by atoms with van der Waals surface area (Å²) in [7, 11) is 0. The standard InChI is InChI=1S/C8H19OS/c1-3-5-7-10(9)8-6-4-2/h9H,3-8H2,1-2H3/q+1. The fourth-order valence-corrected chi connectivity index (χ4v) is 2.17. The van der Waals surface area contributed by atoms with Gasteiger partial charge in [0.15, 0.2) is 0 Å². The van der Waals surface area contributed by atoms with Gasteiger partial charge in [0.05, 0.1) is 0 Å². The highest BCUT2D eigenvalue weighted by Gasteiger charge is 2.11. The van der Waals surface area contributed by atoms with E-state index in [1.54, 1.807) is 0 Å². The molecule has 0 unspecified atom stereocenters. The van der Waals surface area contributed by atoms with E-state index < -0.39 is 0 Å². The smallest absolute Gasteiger partial charge is 0.143 e. The Labute approximate surface area is 67.4 Å². The molecule has 2 heteroatoms. The fraction of sp³-hybridized carbons (Fsp3) is 1.00. The minimum atomic E-state index is -0.270. The molecule has 0 bridgehead atoms. The van der Waals surface area contributed by atoms with Gasteiger partial charge in [-0.25, -0.2) is 0 Å². The summed E-state index contributed by atoms with van der Waals surface area (Å²) in [4.78, 5) is 0. The van der Waals surface area contributed by atoms with Crippen LogP contribution in [0.2, 0.25) is 0 Å². The van der Waals surface area contributed by atoms with Crippen LogP contribution in [0.5, 0.6) is 0 Å². The Bertz CT molecular complexity index is 58.3. The molecular weight excluding hydrogens is 144 g/mol. The van der Waals surface area contributed by atoms with Crippen LogP contribution in [0.1, 0.15) is 39.5 Å². The molecule has 1 N–H and O–H groups in total. The number of rotatable bonds is 6. The van der Waals surface area contributed by atoms with Crippen molar-refractivity contribution in [3.63, 3.8) is 0 Å². The molecule has 0 radical (unpaired) electrons. The summed E-state index contributed by atoms with van der Waals surface area (Å²) in [6, 6.07) is 0. The Balaban J connectivity index is 3.00. The summed E-state index contributed by atoms with van der Waals surface area (Å²) in [6.45, 7) is 4.33. The van der Waals surface area contributed by atoms with E-state index in [0.717, 1.165) is 11.5 Å². The molecule has 0 aromatic carbocycles. The molecule has 0 aliphatic carbocycles. The van der Waals surface area contributed by atoms with Crippen LogP contribution in [-0.2, 0) is 11.2 Å². The zero-order chi connectivity index (χ0) is 7.82. The van der Waals surface area contributed by atoms with E-state index in [4.69, 9.17) is 0 Å². The fourth-order valence-electron chi connectivity index (χ4n) is 0.724. The zero-order valence-electron chi connectivity index (χ0n) is 7.10. The van der Waals surface area contributed by atoms with Gasteiger partial charge in [-0.3, -0.25) is 0 Å². The summed E-state index contributed by atoms with van der Waals surface area (Å²) >= 11 is -0.270. The van der Waals surface area contributed by atoms with Crippen LogP contribution in [0.4, 0.5) is 0 Å². The van der Waals surface area contributed by atoms with Crippen molar-refractivity contribution in [1.29, 1.82) is 0 Å². The summed E-state index contributed by atoms with van der Waals surface area (Å²) in [5, 5.41) is 0. The number of unbranched alkanes of at least 4 members (excludes halogenated alkanes) is 2. The van der Waals surface area contributed by atoms with Crippen LogP contribution in [0.25, 0.3) is 0 Å². The molecule has 62 valence electrons. The molecule has 0 aromatic rings. The second-order valence-electron chi connectivity index (χ2n) is 2.58. The number of hydrogen-bond donors (Lipinski definition) is 1. The van der Waals surface area contributed by atoms with Gasteiger partial charge in [0.2, 0.25) is 0 Å². The Morgan fingerprint density at radius 3 is 1.70 bits per heavy atom. The van der Waals surface area contributed by atoms with Crippen molar-refractivity contribution in [3.05, 3.63) is 0 Å². The molecule has 10 heavy (non-hydrogen) atoms. The van der Waals surface area contributed by atoms with Crippen LogP contribution in [-0.4, -0.2) is 16.1 Å². The highest BCUT2D eigenvalue weighted by Crippen LogP contribution is 2.00. The van der Waals surface area contributed by atoms with Gasteiger partial charge in [0.1, 0.15) is 22.7 Å². The molecule has 0 aromatic heterocycles. The van der Waals surface area contributed by atoms with E-state index in [2.05, 4.69) is 13.8 Å². The first-order chi connectivity index (χ1) is 4.81. The van der Waals surface area contributed by atoms with Crippen molar-refractivity contribution in [2.24, 2.45) is 0 Å². The highest BCUT2D eigenvalue weighted by atomic mass is 32.2. The zero-order valence-corrected chi connectivity index (χ0v) is 7.91. The Morgan fingerprint density at radius 1 is 1.00 bits per heavy atom. The van der Waals surface area contributed by atoms with E-state index in [0.29, 0.717) is 0 Å². The maximum atomic E-state index is 9.34. The Hall–Kier alpha value is 0.310. The van der Waals surface area contributed by atoms with Crippen molar-refractivity contribution in [2.45, 2.75) is 39.5 Å². The highest BCUT2D eigenvalue weighted by molar-refractivity contribution is 7.91. The summed E-state index contributed by atoms with van der Waals surface area (Å²) in [6.07, 6.45) is 4.78. The SMILES string of the molecule is CCCC[S+](O)CCCC. The molecule has 0 fully saturated rings. The van der Waals surface area contributed by atoms with Gasteiger partial charge in [-0.15, -0.1) is 0 Å². The molecule has 0 amide bonds. The van der Waals surface area contributed by atoms with Gasteiger partial charge in [0, 0.05) is 0 Å². The maximum Gasteiger partial charge on any atom is 0.143 e. The summed E-state index contributed by atoms with van der Waals surface area (Å²) in [5.41, 5.74) is 0. The van der Waals surface area contributed by atoms with Crippen LogP contribution >= 0.6 is 0 Å². The predicted molar refractivity (Wildman–Crippen MR) is 49.5 cm³/mol. The van der Waals surface area contributed by atoms with E-state index in [1.807, 2.05) is 0 Å². The minimum absolute atomic E-state index is 0.270.